The number of sulfonamides is 1. The van der Waals surface area contributed by atoms with Crippen molar-refractivity contribution in [3.8, 4) is 11.3 Å². The predicted molar refractivity (Wildman–Crippen MR) is 188 cm³/mol. The van der Waals surface area contributed by atoms with Crippen LogP contribution in [0, 0.1) is 24.7 Å². The highest BCUT2D eigenvalue weighted by atomic mass is 32.2. The zero-order valence-electron chi connectivity index (χ0n) is 28.8. The van der Waals surface area contributed by atoms with Crippen LogP contribution in [0.5, 0.6) is 0 Å². The van der Waals surface area contributed by atoms with Crippen LogP contribution in [0.2, 0.25) is 0 Å². The number of carbonyl (C=O) groups is 4. The van der Waals surface area contributed by atoms with Crippen LogP contribution in [-0.2, 0) is 35.3 Å². The second-order valence-corrected chi connectivity index (χ2v) is 16.6. The number of thiazole rings is 1. The number of amides is 4. The monoisotopic (exact) mass is 765 g/mol. The molecule has 0 spiro atoms. The maximum atomic E-state index is 13.9. The maximum Gasteiger partial charge on any atom is 0.416 e. The molecule has 1 aromatic carbocycles. The summed E-state index contributed by atoms with van der Waals surface area (Å²) in [7, 11) is -2.33. The number of unbranched alkanes of at least 4 members (excludes halogenated alkanes) is 2. The molecule has 17 heteroatoms. The van der Waals surface area contributed by atoms with Crippen molar-refractivity contribution in [2.45, 2.75) is 81.4 Å². The molecule has 3 aliphatic rings. The molecule has 3 saturated carbocycles. The minimum absolute atomic E-state index is 0.0811. The van der Waals surface area contributed by atoms with Crippen LogP contribution < -0.4 is 15.4 Å². The molecule has 0 saturated heterocycles. The molecule has 5 atom stereocenters. The van der Waals surface area contributed by atoms with Gasteiger partial charge < -0.3 is 15.0 Å². The molecule has 0 radical (unpaired) electrons. The summed E-state index contributed by atoms with van der Waals surface area (Å²) >= 11 is 1.28. The van der Waals surface area contributed by atoms with Gasteiger partial charge in [-0.05, 0) is 70.4 Å². The Morgan fingerprint density at radius 3 is 2.44 bits per heavy atom. The van der Waals surface area contributed by atoms with Gasteiger partial charge >= 0.3 is 12.3 Å². The molecule has 5 unspecified atom stereocenters. The fraction of sp³-hybridized carbons (Fsp3) is 0.514. The number of benzene rings is 1. The normalized spacial score (nSPS) is 24.0. The Kier molecular flexibility index (Phi) is 11.5. The molecule has 12 nitrogen and oxygen atoms in total. The van der Waals surface area contributed by atoms with E-state index in [9.17, 15) is 40.8 Å². The number of nitrogens with zero attached hydrogens (tertiary/aromatic N) is 2. The smallest absolute Gasteiger partial charge is 0.416 e. The number of carbonyl (C=O) groups excluding carboxylic acids is 4. The first-order chi connectivity index (χ1) is 24.5. The number of halogens is 3. The SMILES string of the molecule is C=CCCCCN(C)C(=O)C1CC(OC(=O)Nc2cc(C(F)(F)F)ccc2-c2csc(C)n2)CC1C(=O)NC1(C(=O)NS(=O)(=O)C2CC2)CC1C=C. The number of anilines is 1. The fourth-order valence-electron chi connectivity index (χ4n) is 6.53. The lowest BCUT2D eigenvalue weighted by atomic mass is 9.93. The highest BCUT2D eigenvalue weighted by molar-refractivity contribution is 7.91. The van der Waals surface area contributed by atoms with Crippen LogP contribution in [0.25, 0.3) is 11.3 Å². The fourth-order valence-corrected chi connectivity index (χ4v) is 8.51. The van der Waals surface area contributed by atoms with Crippen LogP contribution in [0.4, 0.5) is 23.7 Å². The third-order valence-electron chi connectivity index (χ3n) is 9.70. The molecule has 3 fully saturated rings. The second-order valence-electron chi connectivity index (χ2n) is 13.6. The van der Waals surface area contributed by atoms with E-state index in [4.69, 9.17) is 4.74 Å². The molecule has 1 heterocycles. The summed E-state index contributed by atoms with van der Waals surface area (Å²) in [4.78, 5) is 60.1. The van der Waals surface area contributed by atoms with Crippen LogP contribution in [0.3, 0.4) is 0 Å². The van der Waals surface area contributed by atoms with E-state index in [1.165, 1.54) is 28.4 Å². The molecule has 52 heavy (non-hydrogen) atoms. The molecule has 0 aliphatic heterocycles. The van der Waals surface area contributed by atoms with E-state index in [1.807, 2.05) is 0 Å². The van der Waals surface area contributed by atoms with Crippen molar-refractivity contribution in [3.63, 3.8) is 0 Å². The van der Waals surface area contributed by atoms with E-state index in [2.05, 4.69) is 33.5 Å². The van der Waals surface area contributed by atoms with Crippen LogP contribution in [0.15, 0.2) is 48.9 Å². The first kappa shape index (κ1) is 39.0. The second kappa shape index (κ2) is 15.4. The van der Waals surface area contributed by atoms with E-state index in [0.717, 1.165) is 25.0 Å². The molecule has 0 bridgehead atoms. The maximum absolute atomic E-state index is 13.9. The van der Waals surface area contributed by atoms with E-state index in [1.54, 1.807) is 25.4 Å². The predicted octanol–water partition coefficient (Wildman–Crippen LogP) is 5.56. The first-order valence-electron chi connectivity index (χ1n) is 17.0. The summed E-state index contributed by atoms with van der Waals surface area (Å²) in [6.07, 6.45) is -0.667. The molecule has 4 amide bonds. The van der Waals surface area contributed by atoms with Gasteiger partial charge in [-0.3, -0.25) is 24.4 Å². The lowest BCUT2D eigenvalue weighted by molar-refractivity contribution is -0.140. The summed E-state index contributed by atoms with van der Waals surface area (Å²) < 4.78 is 73.8. The summed E-state index contributed by atoms with van der Waals surface area (Å²) in [5.41, 5.74) is -2.19. The lowest BCUT2D eigenvalue weighted by Crippen LogP contribution is -2.54. The third-order valence-corrected chi connectivity index (χ3v) is 12.3. The standard InChI is InChI=1S/C35H42F3N5O7S2/c1-5-7-8-9-14-43(4)31(45)27-17-23(16-26(27)30(44)41-34(18-21(34)6-2)32(46)42-52(48,49)24-11-12-24)50-33(47)40-28-15-22(35(36,37)38)10-13-25(28)29-19-51-20(3)39-29/h5-6,10,13,15,19,21,23-24,26-27H,1-2,7-9,11-12,14,16-18H2,3-4H3,(H,40,47)(H,41,44)(H,42,46). The zero-order chi connectivity index (χ0) is 38.0. The Balaban J connectivity index is 1.35. The topological polar surface area (TPSA) is 164 Å². The number of rotatable bonds is 15. The number of hydrogen-bond acceptors (Lipinski definition) is 9. The number of alkyl halides is 3. The number of nitrogens with one attached hydrogen (secondary N) is 3. The average Bonchev–Trinajstić information content (AvgIpc) is 3.98. The van der Waals surface area contributed by atoms with Gasteiger partial charge in [0.25, 0.3) is 5.91 Å². The third kappa shape index (κ3) is 8.85. The van der Waals surface area contributed by atoms with E-state index >= 15 is 0 Å². The van der Waals surface area contributed by atoms with E-state index in [0.29, 0.717) is 36.5 Å². The van der Waals surface area contributed by atoms with E-state index in [-0.39, 0.29) is 30.5 Å². The highest BCUT2D eigenvalue weighted by Gasteiger charge is 2.62. The van der Waals surface area contributed by atoms with Gasteiger partial charge in [0.2, 0.25) is 21.8 Å². The molecule has 282 valence electrons. The van der Waals surface area contributed by atoms with Crippen molar-refractivity contribution >= 4 is 50.9 Å². The number of aryl methyl sites for hydroxylation is 1. The van der Waals surface area contributed by atoms with Crippen molar-refractivity contribution in [2.24, 2.45) is 17.8 Å². The molecular weight excluding hydrogens is 724 g/mol. The molecule has 2 aromatic rings. The minimum atomic E-state index is -4.70. The van der Waals surface area contributed by atoms with Crippen LogP contribution in [-0.4, -0.2) is 72.6 Å². The summed E-state index contributed by atoms with van der Waals surface area (Å²) in [6.45, 7) is 9.51. The number of aromatic nitrogens is 1. The first-order valence-corrected chi connectivity index (χ1v) is 19.4. The van der Waals surface area contributed by atoms with Crippen molar-refractivity contribution in [2.75, 3.05) is 18.9 Å². The van der Waals surface area contributed by atoms with Gasteiger partial charge in [0.1, 0.15) is 11.6 Å². The summed E-state index contributed by atoms with van der Waals surface area (Å²) in [5, 5.41) is 6.73. The molecule has 5 rings (SSSR count). The Morgan fingerprint density at radius 1 is 1.13 bits per heavy atom. The molecule has 3 N–H and O–H groups in total. The average molecular weight is 766 g/mol. The van der Waals surface area contributed by atoms with Crippen molar-refractivity contribution in [1.82, 2.24) is 19.9 Å². The molecular formula is C35H42F3N5O7S2. The lowest BCUT2D eigenvalue weighted by Gasteiger charge is -2.26. The van der Waals surface area contributed by atoms with Crippen molar-refractivity contribution in [1.29, 1.82) is 0 Å². The van der Waals surface area contributed by atoms with Crippen LogP contribution in [0.1, 0.15) is 61.9 Å². The number of allylic oxidation sites excluding steroid dienone is 1. The molecule has 1 aromatic heterocycles. The largest absolute Gasteiger partial charge is 0.446 e. The van der Waals surface area contributed by atoms with Gasteiger partial charge in [0.05, 0.1) is 39.0 Å². The zero-order valence-corrected chi connectivity index (χ0v) is 30.5. The van der Waals surface area contributed by atoms with E-state index < -0.39 is 80.2 Å². The van der Waals surface area contributed by atoms with Crippen molar-refractivity contribution in [3.05, 3.63) is 59.5 Å². The van der Waals surface area contributed by atoms with Crippen LogP contribution >= 0.6 is 11.3 Å². The van der Waals surface area contributed by atoms with Gasteiger partial charge in [0, 0.05) is 30.5 Å². The van der Waals surface area contributed by atoms with Gasteiger partial charge in [0.15, 0.2) is 0 Å². The Labute approximate surface area is 304 Å². The van der Waals surface area contributed by atoms with Gasteiger partial charge in [-0.1, -0.05) is 18.2 Å². The highest BCUT2D eigenvalue weighted by Crippen LogP contribution is 2.46. The van der Waals surface area contributed by atoms with Crippen molar-refractivity contribution < 1.29 is 45.5 Å². The number of ether oxygens (including phenoxy) is 1. The summed E-state index contributed by atoms with van der Waals surface area (Å²) in [6, 6.07) is 2.87. The Bertz CT molecular complexity index is 1850. The summed E-state index contributed by atoms with van der Waals surface area (Å²) in [5.74, 6) is -4.62. The van der Waals surface area contributed by atoms with Gasteiger partial charge in [-0.15, -0.1) is 24.5 Å². The molecule has 3 aliphatic carbocycles. The minimum Gasteiger partial charge on any atom is -0.446 e. The Hall–Kier alpha value is -4.25. The van der Waals surface area contributed by atoms with Gasteiger partial charge in [-0.2, -0.15) is 13.2 Å². The quantitative estimate of drug-likeness (QED) is 0.157. The van der Waals surface area contributed by atoms with Gasteiger partial charge in [-0.25, -0.2) is 18.2 Å². The number of hydrogen-bond donors (Lipinski definition) is 3. The Morgan fingerprint density at radius 2 is 1.85 bits per heavy atom.